The second kappa shape index (κ2) is 7.48. The molecule has 3 heterocycles. The van der Waals surface area contributed by atoms with Gasteiger partial charge in [0.1, 0.15) is 0 Å². The van der Waals surface area contributed by atoms with E-state index in [1.165, 1.54) is 5.56 Å². The Kier molecular flexibility index (Phi) is 4.90. The SMILES string of the molecule is CC(C)n1ncc2cc(C(=O)N[C@@H]3CCN(Cc4ccccc4)C3)cnc21. The van der Waals surface area contributed by atoms with Crippen LogP contribution in [0.3, 0.4) is 0 Å². The number of benzene rings is 1. The van der Waals surface area contributed by atoms with E-state index >= 15 is 0 Å². The topological polar surface area (TPSA) is 63.1 Å². The molecule has 0 spiro atoms. The predicted octanol–water partition coefficient (Wildman–Crippen LogP) is 3.02. The number of likely N-dealkylation sites (tertiary alicyclic amines) is 1. The van der Waals surface area contributed by atoms with Gasteiger partial charge in [0.2, 0.25) is 0 Å². The molecule has 27 heavy (non-hydrogen) atoms. The lowest BCUT2D eigenvalue weighted by Gasteiger charge is -2.17. The zero-order valence-corrected chi connectivity index (χ0v) is 15.8. The Morgan fingerprint density at radius 3 is 2.85 bits per heavy atom. The molecule has 2 aromatic heterocycles. The molecule has 1 aliphatic rings. The van der Waals surface area contributed by atoms with Gasteiger partial charge in [-0.15, -0.1) is 0 Å². The number of fused-ring (bicyclic) bond motifs is 1. The van der Waals surface area contributed by atoms with Crippen molar-refractivity contribution in [2.45, 2.75) is 38.9 Å². The highest BCUT2D eigenvalue weighted by Crippen LogP contribution is 2.18. The average Bonchev–Trinajstić information content (AvgIpc) is 3.28. The minimum atomic E-state index is -0.0618. The number of amides is 1. The number of pyridine rings is 1. The summed E-state index contributed by atoms with van der Waals surface area (Å²) >= 11 is 0. The lowest BCUT2D eigenvalue weighted by molar-refractivity contribution is 0.0937. The Morgan fingerprint density at radius 1 is 1.26 bits per heavy atom. The fraction of sp³-hybridized carbons (Fsp3) is 0.381. The third-order valence-corrected chi connectivity index (χ3v) is 5.04. The molecule has 1 aromatic carbocycles. The molecule has 6 heteroatoms. The molecule has 4 rings (SSSR count). The fourth-order valence-electron chi connectivity index (χ4n) is 3.65. The van der Waals surface area contributed by atoms with Crippen LogP contribution in [0.2, 0.25) is 0 Å². The summed E-state index contributed by atoms with van der Waals surface area (Å²) in [5.74, 6) is -0.0618. The number of nitrogens with one attached hydrogen (secondary N) is 1. The van der Waals surface area contributed by atoms with E-state index in [-0.39, 0.29) is 18.0 Å². The molecular formula is C21H25N5O. The first-order chi connectivity index (χ1) is 13.1. The van der Waals surface area contributed by atoms with E-state index in [9.17, 15) is 4.79 Å². The molecule has 1 fully saturated rings. The van der Waals surface area contributed by atoms with Crippen molar-refractivity contribution in [3.63, 3.8) is 0 Å². The molecular weight excluding hydrogens is 338 g/mol. The van der Waals surface area contributed by atoms with Crippen LogP contribution >= 0.6 is 0 Å². The number of aromatic nitrogens is 3. The number of carbonyl (C=O) groups is 1. The lowest BCUT2D eigenvalue weighted by atomic mass is 10.2. The van der Waals surface area contributed by atoms with Gasteiger partial charge in [0.05, 0.1) is 11.8 Å². The Balaban J connectivity index is 1.38. The molecule has 3 aromatic rings. The largest absolute Gasteiger partial charge is 0.348 e. The van der Waals surface area contributed by atoms with Gasteiger partial charge >= 0.3 is 0 Å². The Morgan fingerprint density at radius 2 is 2.07 bits per heavy atom. The fourth-order valence-corrected chi connectivity index (χ4v) is 3.65. The van der Waals surface area contributed by atoms with E-state index in [0.29, 0.717) is 5.56 Å². The van der Waals surface area contributed by atoms with E-state index in [2.05, 4.69) is 58.4 Å². The van der Waals surface area contributed by atoms with Gasteiger partial charge in [0, 0.05) is 43.3 Å². The standard InChI is InChI=1S/C21H25N5O/c1-15(2)26-20-17(12-23-26)10-18(11-22-20)21(27)24-19-8-9-25(14-19)13-16-6-4-3-5-7-16/h3-7,10-12,15,19H,8-9,13-14H2,1-2H3,(H,24,27)/t19-/m1/s1. The zero-order chi connectivity index (χ0) is 18.8. The number of rotatable bonds is 5. The van der Waals surface area contributed by atoms with Crippen molar-refractivity contribution in [1.29, 1.82) is 0 Å². The van der Waals surface area contributed by atoms with Gasteiger partial charge < -0.3 is 5.32 Å². The Hall–Kier alpha value is -2.73. The van der Waals surface area contributed by atoms with Crippen LogP contribution in [-0.4, -0.2) is 44.7 Å². The number of hydrogen-bond donors (Lipinski definition) is 1. The highest BCUT2D eigenvalue weighted by atomic mass is 16.1. The number of nitrogens with zero attached hydrogens (tertiary/aromatic N) is 4. The lowest BCUT2D eigenvalue weighted by Crippen LogP contribution is -2.37. The summed E-state index contributed by atoms with van der Waals surface area (Å²) in [6.07, 6.45) is 4.39. The van der Waals surface area contributed by atoms with E-state index in [1.807, 2.05) is 16.8 Å². The zero-order valence-electron chi connectivity index (χ0n) is 15.8. The maximum absolute atomic E-state index is 12.7. The van der Waals surface area contributed by atoms with Crippen LogP contribution in [0, 0.1) is 0 Å². The van der Waals surface area contributed by atoms with E-state index in [0.717, 1.165) is 37.1 Å². The maximum Gasteiger partial charge on any atom is 0.253 e. The third-order valence-electron chi connectivity index (χ3n) is 5.04. The molecule has 1 atom stereocenters. The highest BCUT2D eigenvalue weighted by Gasteiger charge is 2.24. The minimum absolute atomic E-state index is 0.0618. The quantitative estimate of drug-likeness (QED) is 0.757. The molecule has 0 saturated carbocycles. The summed E-state index contributed by atoms with van der Waals surface area (Å²) in [5.41, 5.74) is 2.71. The summed E-state index contributed by atoms with van der Waals surface area (Å²) in [5, 5.41) is 8.42. The Labute approximate surface area is 159 Å². The molecule has 0 radical (unpaired) electrons. The van der Waals surface area contributed by atoms with Crippen LogP contribution in [0.4, 0.5) is 0 Å². The second-order valence-electron chi connectivity index (χ2n) is 7.50. The monoisotopic (exact) mass is 363 g/mol. The molecule has 1 saturated heterocycles. The van der Waals surface area contributed by atoms with Crippen molar-refractivity contribution in [1.82, 2.24) is 25.0 Å². The molecule has 1 aliphatic heterocycles. The second-order valence-corrected chi connectivity index (χ2v) is 7.50. The molecule has 6 nitrogen and oxygen atoms in total. The molecule has 1 N–H and O–H groups in total. The van der Waals surface area contributed by atoms with E-state index in [4.69, 9.17) is 0 Å². The summed E-state index contributed by atoms with van der Waals surface area (Å²) < 4.78 is 1.87. The van der Waals surface area contributed by atoms with Crippen molar-refractivity contribution >= 4 is 16.9 Å². The maximum atomic E-state index is 12.7. The Bertz CT molecular complexity index is 934. The van der Waals surface area contributed by atoms with Crippen LogP contribution in [0.1, 0.15) is 42.2 Å². The smallest absolute Gasteiger partial charge is 0.253 e. The summed E-state index contributed by atoms with van der Waals surface area (Å²) in [7, 11) is 0. The van der Waals surface area contributed by atoms with Crippen molar-refractivity contribution in [2.24, 2.45) is 0 Å². The summed E-state index contributed by atoms with van der Waals surface area (Å²) in [6.45, 7) is 6.93. The average molecular weight is 363 g/mol. The van der Waals surface area contributed by atoms with Crippen LogP contribution in [0.25, 0.3) is 11.0 Å². The van der Waals surface area contributed by atoms with Gasteiger partial charge in [-0.2, -0.15) is 5.10 Å². The van der Waals surface area contributed by atoms with Crippen LogP contribution in [-0.2, 0) is 6.54 Å². The molecule has 0 aliphatic carbocycles. The first-order valence-electron chi connectivity index (χ1n) is 9.50. The first kappa shape index (κ1) is 17.7. The highest BCUT2D eigenvalue weighted by molar-refractivity contribution is 5.97. The van der Waals surface area contributed by atoms with Crippen LogP contribution < -0.4 is 5.32 Å². The van der Waals surface area contributed by atoms with E-state index in [1.54, 1.807) is 12.4 Å². The van der Waals surface area contributed by atoms with Crippen LogP contribution in [0.15, 0.2) is 48.8 Å². The normalized spacial score (nSPS) is 17.7. The van der Waals surface area contributed by atoms with Crippen molar-refractivity contribution < 1.29 is 4.79 Å². The van der Waals surface area contributed by atoms with E-state index < -0.39 is 0 Å². The molecule has 0 bridgehead atoms. The van der Waals surface area contributed by atoms with Crippen molar-refractivity contribution in [3.05, 3.63) is 59.9 Å². The van der Waals surface area contributed by atoms with Crippen molar-refractivity contribution in [3.8, 4) is 0 Å². The first-order valence-corrected chi connectivity index (χ1v) is 9.50. The van der Waals surface area contributed by atoms with Gasteiger partial charge in [0.15, 0.2) is 5.65 Å². The molecule has 140 valence electrons. The van der Waals surface area contributed by atoms with Gasteiger partial charge in [-0.05, 0) is 31.9 Å². The van der Waals surface area contributed by atoms with Gasteiger partial charge in [0.25, 0.3) is 5.91 Å². The summed E-state index contributed by atoms with van der Waals surface area (Å²) in [6, 6.07) is 12.7. The van der Waals surface area contributed by atoms with Gasteiger partial charge in [-0.1, -0.05) is 30.3 Å². The molecule has 0 unspecified atom stereocenters. The minimum Gasteiger partial charge on any atom is -0.348 e. The van der Waals surface area contributed by atoms with Gasteiger partial charge in [-0.25, -0.2) is 9.67 Å². The van der Waals surface area contributed by atoms with Crippen molar-refractivity contribution in [2.75, 3.05) is 13.1 Å². The van der Waals surface area contributed by atoms with Crippen LogP contribution in [0.5, 0.6) is 0 Å². The predicted molar refractivity (Wildman–Crippen MR) is 106 cm³/mol. The molecule has 1 amide bonds. The van der Waals surface area contributed by atoms with Gasteiger partial charge in [-0.3, -0.25) is 9.69 Å². The number of carbonyl (C=O) groups excluding carboxylic acids is 1. The number of hydrogen-bond acceptors (Lipinski definition) is 4. The third kappa shape index (κ3) is 3.85. The summed E-state index contributed by atoms with van der Waals surface area (Å²) in [4.78, 5) is 19.5.